The first kappa shape index (κ1) is 17.8. The summed E-state index contributed by atoms with van der Waals surface area (Å²) in [6.45, 7) is 2.68. The number of nitrogens with zero attached hydrogens (tertiary/aromatic N) is 1. The predicted octanol–water partition coefficient (Wildman–Crippen LogP) is 3.34. The van der Waals surface area contributed by atoms with Crippen LogP contribution in [0.5, 0.6) is 0 Å². The van der Waals surface area contributed by atoms with Gasteiger partial charge in [-0.3, -0.25) is 4.79 Å². The van der Waals surface area contributed by atoms with Gasteiger partial charge in [-0.05, 0) is 50.0 Å². The maximum absolute atomic E-state index is 12.2. The standard InChI is InChI=1S/C20H28N2O3/c23-19-18(7-4-12-21-19)9-8-16-10-13-22(14-11-16)20(24)25-15-17-5-2-1-3-6-17/h1-3,5-6,16,18H,4,7-15H2,(H,21,23)/t18-/m0/s1. The fourth-order valence-electron chi connectivity index (χ4n) is 3.76. The van der Waals surface area contributed by atoms with Gasteiger partial charge in [0.05, 0.1) is 0 Å². The first-order chi connectivity index (χ1) is 12.2. The summed E-state index contributed by atoms with van der Waals surface area (Å²) in [4.78, 5) is 25.8. The number of hydrogen-bond donors (Lipinski definition) is 1. The summed E-state index contributed by atoms with van der Waals surface area (Å²) in [6.07, 6.45) is 6.00. The van der Waals surface area contributed by atoms with Crippen LogP contribution in [-0.2, 0) is 16.1 Å². The minimum Gasteiger partial charge on any atom is -0.445 e. The minimum atomic E-state index is -0.214. The molecule has 25 heavy (non-hydrogen) atoms. The van der Waals surface area contributed by atoms with Crippen molar-refractivity contribution in [2.24, 2.45) is 11.8 Å². The molecule has 5 heteroatoms. The zero-order valence-electron chi connectivity index (χ0n) is 14.8. The number of nitrogens with one attached hydrogen (secondary N) is 1. The highest BCUT2D eigenvalue weighted by atomic mass is 16.6. The van der Waals surface area contributed by atoms with E-state index >= 15 is 0 Å². The zero-order chi connectivity index (χ0) is 17.5. The van der Waals surface area contributed by atoms with Crippen LogP contribution < -0.4 is 5.32 Å². The number of likely N-dealkylation sites (tertiary alicyclic amines) is 1. The highest BCUT2D eigenvalue weighted by molar-refractivity contribution is 5.79. The molecule has 2 amide bonds. The normalized spacial score (nSPS) is 21.7. The lowest BCUT2D eigenvalue weighted by Gasteiger charge is -2.32. The Balaban J connectivity index is 1.35. The molecule has 1 aromatic rings. The largest absolute Gasteiger partial charge is 0.445 e. The van der Waals surface area contributed by atoms with Crippen LogP contribution in [0.15, 0.2) is 30.3 Å². The van der Waals surface area contributed by atoms with Gasteiger partial charge in [-0.25, -0.2) is 4.79 Å². The molecule has 2 aliphatic heterocycles. The summed E-state index contributed by atoms with van der Waals surface area (Å²) in [5.74, 6) is 1.05. The molecule has 0 unspecified atom stereocenters. The Hall–Kier alpha value is -2.04. The van der Waals surface area contributed by atoms with E-state index in [2.05, 4.69) is 5.32 Å². The van der Waals surface area contributed by atoms with Crippen molar-refractivity contribution in [1.82, 2.24) is 10.2 Å². The van der Waals surface area contributed by atoms with E-state index in [0.717, 1.165) is 63.7 Å². The van der Waals surface area contributed by atoms with Gasteiger partial charge in [0.1, 0.15) is 6.61 Å². The molecule has 1 atom stereocenters. The monoisotopic (exact) mass is 344 g/mol. The Morgan fingerprint density at radius 1 is 1.12 bits per heavy atom. The van der Waals surface area contributed by atoms with Crippen molar-refractivity contribution in [2.75, 3.05) is 19.6 Å². The molecule has 0 radical (unpaired) electrons. The molecule has 3 rings (SSSR count). The van der Waals surface area contributed by atoms with Gasteiger partial charge in [0, 0.05) is 25.6 Å². The number of piperidine rings is 2. The topological polar surface area (TPSA) is 58.6 Å². The third kappa shape index (κ3) is 5.21. The van der Waals surface area contributed by atoms with Crippen molar-refractivity contribution in [3.8, 4) is 0 Å². The van der Waals surface area contributed by atoms with Crippen LogP contribution >= 0.6 is 0 Å². The van der Waals surface area contributed by atoms with Gasteiger partial charge in [-0.1, -0.05) is 30.3 Å². The van der Waals surface area contributed by atoms with E-state index in [1.54, 1.807) is 0 Å². The van der Waals surface area contributed by atoms with Crippen molar-refractivity contribution < 1.29 is 14.3 Å². The molecule has 1 aromatic carbocycles. The maximum atomic E-state index is 12.2. The highest BCUT2D eigenvalue weighted by Crippen LogP contribution is 2.26. The van der Waals surface area contributed by atoms with Crippen molar-refractivity contribution in [1.29, 1.82) is 0 Å². The van der Waals surface area contributed by atoms with E-state index in [9.17, 15) is 9.59 Å². The second-order valence-electron chi connectivity index (χ2n) is 7.18. The molecule has 1 N–H and O–H groups in total. The number of amides is 2. The molecule has 2 fully saturated rings. The second-order valence-corrected chi connectivity index (χ2v) is 7.18. The minimum absolute atomic E-state index is 0.197. The average molecular weight is 344 g/mol. The van der Waals surface area contributed by atoms with Gasteiger partial charge in [0.2, 0.25) is 5.91 Å². The summed E-state index contributed by atoms with van der Waals surface area (Å²) >= 11 is 0. The van der Waals surface area contributed by atoms with Crippen LogP contribution in [0.2, 0.25) is 0 Å². The lowest BCUT2D eigenvalue weighted by molar-refractivity contribution is -0.126. The lowest BCUT2D eigenvalue weighted by Crippen LogP contribution is -2.39. The third-order valence-corrected chi connectivity index (χ3v) is 5.40. The van der Waals surface area contributed by atoms with Gasteiger partial charge in [-0.15, -0.1) is 0 Å². The Bertz CT molecular complexity index is 568. The van der Waals surface area contributed by atoms with E-state index in [4.69, 9.17) is 4.74 Å². The van der Waals surface area contributed by atoms with Crippen molar-refractivity contribution in [2.45, 2.75) is 45.1 Å². The van der Waals surface area contributed by atoms with E-state index in [1.807, 2.05) is 35.2 Å². The molecular formula is C20H28N2O3. The lowest BCUT2D eigenvalue weighted by atomic mass is 9.86. The summed E-state index contributed by atoms with van der Waals surface area (Å²) in [6, 6.07) is 9.76. The van der Waals surface area contributed by atoms with Crippen molar-refractivity contribution >= 4 is 12.0 Å². The summed E-state index contributed by atoms with van der Waals surface area (Å²) in [7, 11) is 0. The summed E-state index contributed by atoms with van der Waals surface area (Å²) in [5, 5.41) is 2.96. The van der Waals surface area contributed by atoms with Gasteiger partial charge in [-0.2, -0.15) is 0 Å². The van der Waals surface area contributed by atoms with E-state index in [1.165, 1.54) is 0 Å². The molecular weight excluding hydrogens is 316 g/mol. The molecule has 136 valence electrons. The number of ether oxygens (including phenoxy) is 1. The van der Waals surface area contributed by atoms with Crippen molar-refractivity contribution in [3.05, 3.63) is 35.9 Å². The highest BCUT2D eigenvalue weighted by Gasteiger charge is 2.26. The predicted molar refractivity (Wildman–Crippen MR) is 95.9 cm³/mol. The van der Waals surface area contributed by atoms with Gasteiger partial charge in [0.25, 0.3) is 0 Å². The number of rotatable bonds is 5. The smallest absolute Gasteiger partial charge is 0.410 e. The zero-order valence-corrected chi connectivity index (χ0v) is 14.8. The summed E-state index contributed by atoms with van der Waals surface area (Å²) < 4.78 is 5.41. The van der Waals surface area contributed by atoms with Crippen LogP contribution in [-0.4, -0.2) is 36.5 Å². The Morgan fingerprint density at radius 3 is 2.60 bits per heavy atom. The molecule has 2 heterocycles. The molecule has 0 aliphatic carbocycles. The SMILES string of the molecule is O=C1NCCC[C@H]1CCC1CCN(C(=O)OCc2ccccc2)CC1. The number of carbonyl (C=O) groups excluding carboxylic acids is 2. The van der Waals surface area contributed by atoms with Gasteiger partial charge < -0.3 is 15.0 Å². The van der Waals surface area contributed by atoms with Gasteiger partial charge >= 0.3 is 6.09 Å². The fraction of sp³-hybridized carbons (Fsp3) is 0.600. The molecule has 0 spiro atoms. The van der Waals surface area contributed by atoms with Crippen LogP contribution in [0.25, 0.3) is 0 Å². The van der Waals surface area contributed by atoms with Crippen LogP contribution in [0.3, 0.4) is 0 Å². The number of benzene rings is 1. The van der Waals surface area contributed by atoms with E-state index in [-0.39, 0.29) is 17.9 Å². The average Bonchev–Trinajstić information content (AvgIpc) is 2.67. The maximum Gasteiger partial charge on any atom is 0.410 e. The molecule has 0 aromatic heterocycles. The molecule has 2 saturated heterocycles. The second kappa shape index (κ2) is 8.88. The van der Waals surface area contributed by atoms with Gasteiger partial charge in [0.15, 0.2) is 0 Å². The van der Waals surface area contributed by atoms with Crippen LogP contribution in [0, 0.1) is 11.8 Å². The molecule has 2 aliphatic rings. The first-order valence-electron chi connectivity index (χ1n) is 9.45. The molecule has 0 saturated carbocycles. The Labute approximate surface area is 149 Å². The first-order valence-corrected chi connectivity index (χ1v) is 9.45. The number of hydrogen-bond acceptors (Lipinski definition) is 3. The quantitative estimate of drug-likeness (QED) is 0.891. The fourth-order valence-corrected chi connectivity index (χ4v) is 3.76. The van der Waals surface area contributed by atoms with E-state index < -0.39 is 0 Å². The van der Waals surface area contributed by atoms with E-state index in [0.29, 0.717) is 12.5 Å². The Kier molecular flexibility index (Phi) is 6.31. The molecule has 5 nitrogen and oxygen atoms in total. The van der Waals surface area contributed by atoms with Crippen molar-refractivity contribution in [3.63, 3.8) is 0 Å². The molecule has 0 bridgehead atoms. The van der Waals surface area contributed by atoms with Crippen LogP contribution in [0.4, 0.5) is 4.79 Å². The third-order valence-electron chi connectivity index (χ3n) is 5.40. The Morgan fingerprint density at radius 2 is 1.88 bits per heavy atom. The summed E-state index contributed by atoms with van der Waals surface area (Å²) in [5.41, 5.74) is 1.01. The number of carbonyl (C=O) groups is 2. The van der Waals surface area contributed by atoms with Crippen LogP contribution in [0.1, 0.15) is 44.1 Å².